The molecule has 3 aromatic rings. The number of rotatable bonds is 4. The topological polar surface area (TPSA) is 131 Å². The molecule has 29 heavy (non-hydrogen) atoms. The van der Waals surface area contributed by atoms with Gasteiger partial charge in [0.05, 0.1) is 23.7 Å². The Kier molecular flexibility index (Phi) is 5.05. The van der Waals surface area contributed by atoms with Crippen molar-refractivity contribution in [1.29, 1.82) is 5.26 Å². The van der Waals surface area contributed by atoms with Gasteiger partial charge in [0, 0.05) is 24.5 Å². The minimum atomic E-state index is -0.614. The zero-order valence-electron chi connectivity index (χ0n) is 15.7. The van der Waals surface area contributed by atoms with Crippen molar-refractivity contribution < 1.29 is 4.79 Å². The number of carbonyl (C=O) groups is 1. The lowest BCUT2D eigenvalue weighted by Crippen LogP contribution is -2.45. The van der Waals surface area contributed by atoms with E-state index in [1.807, 2.05) is 17.0 Å². The second kappa shape index (κ2) is 7.66. The van der Waals surface area contributed by atoms with Gasteiger partial charge >= 0.3 is 0 Å². The summed E-state index contributed by atoms with van der Waals surface area (Å²) in [6, 6.07) is 9.32. The molecule has 1 unspecified atom stereocenters. The van der Waals surface area contributed by atoms with Crippen LogP contribution in [0.25, 0.3) is 10.2 Å². The molecule has 2 aromatic heterocycles. The van der Waals surface area contributed by atoms with Gasteiger partial charge in [-0.15, -0.1) is 11.3 Å². The number of benzene rings is 1. The quantitative estimate of drug-likeness (QED) is 0.671. The van der Waals surface area contributed by atoms with Crippen molar-refractivity contribution in [1.82, 2.24) is 9.55 Å². The number of piperidine rings is 1. The molecule has 3 heterocycles. The molecule has 8 nitrogen and oxygen atoms in total. The maximum Gasteiger partial charge on any atom is 0.273 e. The number of fused-ring (bicyclic) bond motifs is 1. The van der Waals surface area contributed by atoms with E-state index in [4.69, 9.17) is 11.5 Å². The summed E-state index contributed by atoms with van der Waals surface area (Å²) < 4.78 is 1.94. The third kappa shape index (κ3) is 3.48. The average molecular weight is 408 g/mol. The summed E-state index contributed by atoms with van der Waals surface area (Å²) in [5.74, 6) is -0.164. The van der Waals surface area contributed by atoms with Gasteiger partial charge in [-0.3, -0.25) is 14.2 Å². The molecular weight excluding hydrogens is 388 g/mol. The van der Waals surface area contributed by atoms with Crippen molar-refractivity contribution in [2.45, 2.75) is 25.4 Å². The zero-order valence-corrected chi connectivity index (χ0v) is 16.5. The lowest BCUT2D eigenvalue weighted by Gasteiger charge is -2.33. The number of hydrogen-bond donors (Lipinski definition) is 2. The Hall–Kier alpha value is -3.22. The van der Waals surface area contributed by atoms with E-state index in [1.165, 1.54) is 0 Å². The van der Waals surface area contributed by atoms with Crippen LogP contribution in [0.4, 0.5) is 5.95 Å². The summed E-state index contributed by atoms with van der Waals surface area (Å²) in [5.41, 5.74) is 13.2. The zero-order chi connectivity index (χ0) is 20.5. The number of nitrogens with zero attached hydrogens (tertiary/aromatic N) is 4. The minimum absolute atomic E-state index is 0.0192. The van der Waals surface area contributed by atoms with E-state index in [9.17, 15) is 14.9 Å². The second-order valence-corrected chi connectivity index (χ2v) is 7.99. The Morgan fingerprint density at radius 1 is 1.38 bits per heavy atom. The first-order chi connectivity index (χ1) is 14.0. The largest absolute Gasteiger partial charge is 0.366 e. The summed E-state index contributed by atoms with van der Waals surface area (Å²) in [6.07, 6.45) is 1.79. The highest BCUT2D eigenvalue weighted by Crippen LogP contribution is 2.26. The van der Waals surface area contributed by atoms with Crippen molar-refractivity contribution in [3.63, 3.8) is 0 Å². The predicted octanol–water partition coefficient (Wildman–Crippen LogP) is 1.40. The summed E-state index contributed by atoms with van der Waals surface area (Å²) >= 11 is 1.15. The fourth-order valence-corrected chi connectivity index (χ4v) is 4.62. The molecule has 1 fully saturated rings. The smallest absolute Gasteiger partial charge is 0.273 e. The summed E-state index contributed by atoms with van der Waals surface area (Å²) in [4.78, 5) is 31.8. The first-order valence-electron chi connectivity index (χ1n) is 9.30. The molecule has 1 aliphatic heterocycles. The molecule has 1 aromatic carbocycles. The van der Waals surface area contributed by atoms with E-state index in [-0.39, 0.29) is 23.7 Å². The number of primary amides is 1. The normalized spacial score (nSPS) is 16.7. The molecule has 9 heteroatoms. The molecule has 0 saturated carbocycles. The van der Waals surface area contributed by atoms with Gasteiger partial charge in [0.1, 0.15) is 10.2 Å². The minimum Gasteiger partial charge on any atom is -0.366 e. The Morgan fingerprint density at radius 3 is 2.90 bits per heavy atom. The Balaban J connectivity index is 1.92. The highest BCUT2D eigenvalue weighted by atomic mass is 32.1. The maximum absolute atomic E-state index is 13.4. The van der Waals surface area contributed by atoms with Gasteiger partial charge in [-0.1, -0.05) is 18.2 Å². The van der Waals surface area contributed by atoms with Crippen molar-refractivity contribution in [3.05, 3.63) is 56.7 Å². The third-order valence-corrected chi connectivity index (χ3v) is 6.09. The van der Waals surface area contributed by atoms with Crippen LogP contribution >= 0.6 is 11.3 Å². The molecule has 0 aliphatic carbocycles. The molecule has 4 N–H and O–H groups in total. The fourth-order valence-electron chi connectivity index (χ4n) is 3.68. The number of carbonyl (C=O) groups excluding carboxylic acids is 1. The highest BCUT2D eigenvalue weighted by molar-refractivity contribution is 7.17. The molecule has 1 amide bonds. The van der Waals surface area contributed by atoms with E-state index in [0.717, 1.165) is 29.7 Å². The maximum atomic E-state index is 13.4. The molecule has 1 atom stereocenters. The van der Waals surface area contributed by atoms with Crippen LogP contribution in [0.5, 0.6) is 0 Å². The SMILES string of the molecule is N#Cc1ccccc1Cn1c(N2CCCC(N)C2)nc2c(C(N)=O)csc2c1=O. The summed E-state index contributed by atoms with van der Waals surface area (Å²) in [7, 11) is 0. The third-order valence-electron chi connectivity index (χ3n) is 5.13. The summed E-state index contributed by atoms with van der Waals surface area (Å²) in [5, 5.41) is 11.0. The molecule has 1 saturated heterocycles. The van der Waals surface area contributed by atoms with E-state index < -0.39 is 5.91 Å². The Morgan fingerprint density at radius 2 is 2.17 bits per heavy atom. The van der Waals surface area contributed by atoms with Crippen LogP contribution in [0.2, 0.25) is 0 Å². The predicted molar refractivity (Wildman–Crippen MR) is 112 cm³/mol. The fraction of sp³-hybridized carbons (Fsp3) is 0.300. The van der Waals surface area contributed by atoms with Gasteiger partial charge in [0.25, 0.3) is 11.5 Å². The van der Waals surface area contributed by atoms with Crippen LogP contribution in [0, 0.1) is 11.3 Å². The van der Waals surface area contributed by atoms with Crippen LogP contribution in [0.15, 0.2) is 34.4 Å². The van der Waals surface area contributed by atoms with Crippen molar-refractivity contribution >= 4 is 33.4 Å². The van der Waals surface area contributed by atoms with Crippen molar-refractivity contribution in [2.24, 2.45) is 11.5 Å². The van der Waals surface area contributed by atoms with Crippen LogP contribution in [0.1, 0.15) is 34.3 Å². The van der Waals surface area contributed by atoms with Gasteiger partial charge < -0.3 is 16.4 Å². The first-order valence-corrected chi connectivity index (χ1v) is 10.2. The lowest BCUT2D eigenvalue weighted by molar-refractivity contribution is 0.100. The van der Waals surface area contributed by atoms with Gasteiger partial charge in [-0.2, -0.15) is 5.26 Å². The number of amides is 1. The number of aromatic nitrogens is 2. The number of nitriles is 1. The van der Waals surface area contributed by atoms with Crippen molar-refractivity contribution in [3.8, 4) is 6.07 Å². The molecule has 0 radical (unpaired) electrons. The lowest BCUT2D eigenvalue weighted by atomic mass is 10.1. The van der Waals surface area contributed by atoms with Gasteiger partial charge in [-0.05, 0) is 24.5 Å². The van der Waals surface area contributed by atoms with Crippen LogP contribution < -0.4 is 21.9 Å². The van der Waals surface area contributed by atoms with E-state index >= 15 is 0 Å². The summed E-state index contributed by atoms with van der Waals surface area (Å²) in [6.45, 7) is 1.48. The average Bonchev–Trinajstić information content (AvgIpc) is 3.15. The monoisotopic (exact) mass is 408 g/mol. The van der Waals surface area contributed by atoms with Crippen molar-refractivity contribution in [2.75, 3.05) is 18.0 Å². The first kappa shape index (κ1) is 19.1. The number of nitrogens with two attached hydrogens (primary N) is 2. The highest BCUT2D eigenvalue weighted by Gasteiger charge is 2.25. The van der Waals surface area contributed by atoms with Crippen LogP contribution in [0.3, 0.4) is 0 Å². The molecular formula is C20H20N6O2S. The molecule has 148 valence electrons. The number of thiophene rings is 1. The van der Waals surface area contributed by atoms with Gasteiger partial charge in [0.2, 0.25) is 5.95 Å². The molecule has 0 spiro atoms. The second-order valence-electron chi connectivity index (χ2n) is 7.11. The number of hydrogen-bond acceptors (Lipinski definition) is 7. The van der Waals surface area contributed by atoms with Gasteiger partial charge in [0.15, 0.2) is 0 Å². The number of anilines is 1. The van der Waals surface area contributed by atoms with Crippen LogP contribution in [-0.2, 0) is 6.54 Å². The van der Waals surface area contributed by atoms with E-state index in [1.54, 1.807) is 22.1 Å². The van der Waals surface area contributed by atoms with E-state index in [2.05, 4.69) is 11.1 Å². The van der Waals surface area contributed by atoms with E-state index in [0.29, 0.717) is 34.8 Å². The molecule has 0 bridgehead atoms. The molecule has 1 aliphatic rings. The Labute approximate surface area is 171 Å². The Bertz CT molecular complexity index is 1190. The molecule has 4 rings (SSSR count). The standard InChI is InChI=1S/C20H20N6O2S/c21-8-12-4-1-2-5-13(12)9-26-19(28)17-16(15(11-29-17)18(23)27)24-20(26)25-7-3-6-14(22)10-25/h1-2,4-5,11,14H,3,6-7,9-10,22H2,(H2,23,27). The van der Waals surface area contributed by atoms with Gasteiger partial charge in [-0.25, -0.2) is 4.98 Å². The van der Waals surface area contributed by atoms with Crippen LogP contribution in [-0.4, -0.2) is 34.6 Å².